The number of hydrogen-bond acceptors (Lipinski definition) is 3. The van der Waals surface area contributed by atoms with E-state index in [4.69, 9.17) is 4.74 Å². The minimum absolute atomic E-state index is 0.576. The number of likely N-dealkylation sites (tertiary alicyclic amines) is 1. The monoisotopic (exact) mass is 439 g/mol. The largest absolute Gasteiger partial charge is 0.464 e. The van der Waals surface area contributed by atoms with Gasteiger partial charge in [-0.15, -0.1) is 0 Å². The second-order valence-corrected chi connectivity index (χ2v) is 8.21. The van der Waals surface area contributed by atoms with Crippen LogP contribution in [0.25, 0.3) is 5.69 Å². The molecule has 1 fully saturated rings. The Bertz CT molecular complexity index is 887. The van der Waals surface area contributed by atoms with Gasteiger partial charge in [0.05, 0.1) is 18.0 Å². The number of para-hydroxylation sites is 1. The van der Waals surface area contributed by atoms with Crippen LogP contribution in [0.4, 0.5) is 0 Å². The summed E-state index contributed by atoms with van der Waals surface area (Å²) in [5.41, 5.74) is 3.39. The van der Waals surface area contributed by atoms with E-state index in [1.807, 2.05) is 29.7 Å². The van der Waals surface area contributed by atoms with Crippen molar-refractivity contribution in [3.63, 3.8) is 0 Å². The van der Waals surface area contributed by atoms with Crippen molar-refractivity contribution in [3.8, 4) is 11.7 Å². The molecule has 4 rings (SSSR count). The Morgan fingerprint density at radius 2 is 1.64 bits per heavy atom. The van der Waals surface area contributed by atoms with Gasteiger partial charge in [-0.2, -0.15) is 4.98 Å². The third-order valence-electron chi connectivity index (χ3n) is 5.37. The van der Waals surface area contributed by atoms with Crippen molar-refractivity contribution in [3.05, 3.63) is 76.5 Å². The minimum Gasteiger partial charge on any atom is -0.464 e. The summed E-state index contributed by atoms with van der Waals surface area (Å²) in [6.45, 7) is 6.00. The smallest absolute Gasteiger partial charge is 0.302 e. The number of halogens is 1. The van der Waals surface area contributed by atoms with Gasteiger partial charge in [-0.25, -0.2) is 0 Å². The molecular formula is C23H26BrN3O. The van der Waals surface area contributed by atoms with E-state index in [1.54, 1.807) is 0 Å². The maximum atomic E-state index is 6.19. The molecule has 0 spiro atoms. The second kappa shape index (κ2) is 8.93. The summed E-state index contributed by atoms with van der Waals surface area (Å²) in [5, 5.41) is 0. The van der Waals surface area contributed by atoms with Crippen molar-refractivity contribution in [2.24, 2.45) is 5.92 Å². The summed E-state index contributed by atoms with van der Waals surface area (Å²) in [6, 6.07) is 21.6. The molecule has 5 heteroatoms. The van der Waals surface area contributed by atoms with Crippen LogP contribution in [0.15, 0.2) is 65.3 Å². The van der Waals surface area contributed by atoms with Crippen molar-refractivity contribution in [2.45, 2.75) is 26.3 Å². The first-order valence-corrected chi connectivity index (χ1v) is 10.7. The normalized spacial score (nSPS) is 15.6. The van der Waals surface area contributed by atoms with Crippen LogP contribution in [-0.2, 0) is 6.54 Å². The molecule has 0 atom stereocenters. The number of rotatable bonds is 6. The van der Waals surface area contributed by atoms with E-state index in [9.17, 15) is 0 Å². The molecule has 146 valence electrons. The molecule has 0 radical (unpaired) electrons. The van der Waals surface area contributed by atoms with Crippen LogP contribution in [-0.4, -0.2) is 34.1 Å². The second-order valence-electron chi connectivity index (χ2n) is 7.46. The summed E-state index contributed by atoms with van der Waals surface area (Å²) in [5.74, 6) is 0.576. The molecule has 0 amide bonds. The fraction of sp³-hybridized carbons (Fsp3) is 0.348. The minimum atomic E-state index is 0.576. The van der Waals surface area contributed by atoms with E-state index in [-0.39, 0.29) is 0 Å². The Hall–Kier alpha value is -2.11. The number of benzene rings is 2. The van der Waals surface area contributed by atoms with Crippen molar-refractivity contribution in [1.29, 1.82) is 0 Å². The van der Waals surface area contributed by atoms with Gasteiger partial charge in [0.2, 0.25) is 0 Å². The topological polar surface area (TPSA) is 30.3 Å². The predicted octanol–water partition coefficient (Wildman–Crippen LogP) is 5.23. The third-order valence-corrected chi connectivity index (χ3v) is 6.30. The van der Waals surface area contributed by atoms with Gasteiger partial charge in [-0.3, -0.25) is 9.47 Å². The van der Waals surface area contributed by atoms with E-state index in [0.29, 0.717) is 11.9 Å². The first kappa shape index (κ1) is 19.2. The molecule has 0 saturated carbocycles. The van der Waals surface area contributed by atoms with Gasteiger partial charge < -0.3 is 4.74 Å². The molecule has 1 aromatic heterocycles. The van der Waals surface area contributed by atoms with E-state index >= 15 is 0 Å². The van der Waals surface area contributed by atoms with Gasteiger partial charge in [0.1, 0.15) is 4.60 Å². The summed E-state index contributed by atoms with van der Waals surface area (Å²) in [4.78, 5) is 7.16. The number of aromatic nitrogens is 2. The Labute approximate surface area is 175 Å². The van der Waals surface area contributed by atoms with Gasteiger partial charge in [0, 0.05) is 6.54 Å². The number of piperidine rings is 1. The third kappa shape index (κ3) is 4.47. The number of ether oxygens (including phenoxy) is 1. The van der Waals surface area contributed by atoms with Gasteiger partial charge in [0.25, 0.3) is 0 Å². The zero-order valence-electron chi connectivity index (χ0n) is 16.2. The summed E-state index contributed by atoms with van der Waals surface area (Å²) < 4.78 is 9.18. The number of imidazole rings is 1. The molecule has 1 saturated heterocycles. The number of hydrogen-bond donors (Lipinski definition) is 0. The van der Waals surface area contributed by atoms with Crippen molar-refractivity contribution in [1.82, 2.24) is 14.5 Å². The summed E-state index contributed by atoms with van der Waals surface area (Å²) in [7, 11) is 0. The van der Waals surface area contributed by atoms with Crippen LogP contribution in [0, 0.1) is 12.8 Å². The van der Waals surface area contributed by atoms with Crippen LogP contribution < -0.4 is 4.74 Å². The van der Waals surface area contributed by atoms with Crippen molar-refractivity contribution >= 4 is 15.9 Å². The van der Waals surface area contributed by atoms with Crippen LogP contribution >= 0.6 is 15.9 Å². The first-order chi connectivity index (χ1) is 13.7. The average Bonchev–Trinajstić information content (AvgIpc) is 3.02. The van der Waals surface area contributed by atoms with Crippen LogP contribution in [0.1, 0.15) is 24.1 Å². The summed E-state index contributed by atoms with van der Waals surface area (Å²) >= 11 is 3.66. The molecule has 3 aromatic rings. The van der Waals surface area contributed by atoms with Gasteiger partial charge in [-0.05, 0) is 72.4 Å². The standard InChI is InChI=1S/C23H26BrN3O/c1-18-22(24)27(21-10-6-3-7-11-21)23(25-18)28-17-20-12-14-26(15-13-20)16-19-8-4-2-5-9-19/h2-11,20H,12-17H2,1H3. The number of nitrogens with zero attached hydrogens (tertiary/aromatic N) is 3. The van der Waals surface area contributed by atoms with Gasteiger partial charge in [0.15, 0.2) is 0 Å². The lowest BCUT2D eigenvalue weighted by Crippen LogP contribution is -2.35. The first-order valence-electron chi connectivity index (χ1n) is 9.90. The van der Waals surface area contributed by atoms with Crippen molar-refractivity contribution < 1.29 is 4.74 Å². The van der Waals surface area contributed by atoms with Crippen LogP contribution in [0.2, 0.25) is 0 Å². The SMILES string of the molecule is Cc1nc(OCC2CCN(Cc3ccccc3)CC2)n(-c2ccccc2)c1Br. The van der Waals surface area contributed by atoms with E-state index in [1.165, 1.54) is 18.4 Å². The fourth-order valence-electron chi connectivity index (χ4n) is 3.73. The molecule has 4 nitrogen and oxygen atoms in total. The van der Waals surface area contributed by atoms with Gasteiger partial charge in [-0.1, -0.05) is 48.5 Å². The van der Waals surface area contributed by atoms with Gasteiger partial charge >= 0.3 is 6.01 Å². The van der Waals surface area contributed by atoms with E-state index in [0.717, 1.165) is 42.2 Å². The Morgan fingerprint density at radius 1 is 1.00 bits per heavy atom. The maximum absolute atomic E-state index is 6.19. The number of aryl methyl sites for hydroxylation is 1. The fourth-order valence-corrected chi connectivity index (χ4v) is 4.17. The highest BCUT2D eigenvalue weighted by Gasteiger charge is 2.22. The Morgan fingerprint density at radius 3 is 2.32 bits per heavy atom. The zero-order chi connectivity index (χ0) is 19.3. The lowest BCUT2D eigenvalue weighted by atomic mass is 9.97. The highest BCUT2D eigenvalue weighted by Crippen LogP contribution is 2.29. The van der Waals surface area contributed by atoms with Crippen molar-refractivity contribution in [2.75, 3.05) is 19.7 Å². The molecule has 0 bridgehead atoms. The molecule has 0 aliphatic carbocycles. The average molecular weight is 440 g/mol. The lowest BCUT2D eigenvalue weighted by Gasteiger charge is -2.31. The summed E-state index contributed by atoms with van der Waals surface area (Å²) in [6.07, 6.45) is 2.33. The highest BCUT2D eigenvalue weighted by molar-refractivity contribution is 9.10. The predicted molar refractivity (Wildman–Crippen MR) is 116 cm³/mol. The van der Waals surface area contributed by atoms with Crippen LogP contribution in [0.5, 0.6) is 6.01 Å². The van der Waals surface area contributed by atoms with E-state index in [2.05, 4.69) is 68.3 Å². The molecule has 0 unspecified atom stereocenters. The highest BCUT2D eigenvalue weighted by atomic mass is 79.9. The zero-order valence-corrected chi connectivity index (χ0v) is 17.8. The lowest BCUT2D eigenvalue weighted by molar-refractivity contribution is 0.131. The Kier molecular flexibility index (Phi) is 6.13. The maximum Gasteiger partial charge on any atom is 0.302 e. The quantitative estimate of drug-likeness (QED) is 0.526. The molecule has 0 N–H and O–H groups in total. The molecule has 28 heavy (non-hydrogen) atoms. The molecular weight excluding hydrogens is 414 g/mol. The molecule has 2 aromatic carbocycles. The van der Waals surface area contributed by atoms with E-state index < -0.39 is 0 Å². The molecule has 2 heterocycles. The Balaban J connectivity index is 1.34. The molecule has 1 aliphatic rings. The van der Waals surface area contributed by atoms with Crippen LogP contribution in [0.3, 0.4) is 0 Å². The molecule has 1 aliphatic heterocycles.